The van der Waals surface area contributed by atoms with Crippen LogP contribution in [0.15, 0.2) is 29.2 Å². The summed E-state index contributed by atoms with van der Waals surface area (Å²) in [6.45, 7) is 2.31. The molecule has 1 fully saturated rings. The van der Waals surface area contributed by atoms with Crippen molar-refractivity contribution in [3.05, 3.63) is 29.8 Å². The van der Waals surface area contributed by atoms with Gasteiger partial charge in [-0.05, 0) is 51.4 Å². The lowest BCUT2D eigenvalue weighted by Crippen LogP contribution is -2.44. The average molecular weight is 354 g/mol. The Labute approximate surface area is 142 Å². The van der Waals surface area contributed by atoms with Gasteiger partial charge in [-0.25, -0.2) is 17.9 Å². The van der Waals surface area contributed by atoms with Crippen molar-refractivity contribution in [2.45, 2.75) is 37.1 Å². The largest absolute Gasteiger partial charge is 0.452 e. The fourth-order valence-corrected chi connectivity index (χ4v) is 3.45. The molecule has 1 aliphatic heterocycles. The highest BCUT2D eigenvalue weighted by Crippen LogP contribution is 2.17. The standard InChI is InChI=1S/C16H22N2O5S/c1-12-6-3-4-9-18(12)15(19)11-23-16(20)13-7-5-8-14(10-13)24(21,22)17-2/h5,7-8,10,12,17H,3-4,6,9,11H2,1-2H3/t12-/m1/s1. The molecular formula is C16H22N2O5S. The first-order chi connectivity index (χ1) is 11.3. The SMILES string of the molecule is CNS(=O)(=O)c1cccc(C(=O)OCC(=O)N2CCCC[C@H]2C)c1. The smallest absolute Gasteiger partial charge is 0.338 e. The molecule has 2 rings (SSSR count). The average Bonchev–Trinajstić information content (AvgIpc) is 2.60. The van der Waals surface area contributed by atoms with Crippen LogP contribution in [0.2, 0.25) is 0 Å². The second kappa shape index (κ2) is 7.76. The van der Waals surface area contributed by atoms with Crippen molar-refractivity contribution in [1.82, 2.24) is 9.62 Å². The Morgan fingerprint density at radius 3 is 2.75 bits per heavy atom. The van der Waals surface area contributed by atoms with E-state index in [0.29, 0.717) is 6.54 Å². The van der Waals surface area contributed by atoms with Gasteiger partial charge in [0.2, 0.25) is 10.0 Å². The van der Waals surface area contributed by atoms with Gasteiger partial charge in [-0.15, -0.1) is 0 Å². The molecule has 24 heavy (non-hydrogen) atoms. The Morgan fingerprint density at radius 1 is 1.33 bits per heavy atom. The van der Waals surface area contributed by atoms with Gasteiger partial charge in [0.15, 0.2) is 6.61 Å². The Bertz CT molecular complexity index is 717. The molecule has 1 heterocycles. The van der Waals surface area contributed by atoms with Crippen LogP contribution < -0.4 is 4.72 Å². The molecule has 8 heteroatoms. The number of likely N-dealkylation sites (tertiary alicyclic amines) is 1. The van der Waals surface area contributed by atoms with Gasteiger partial charge in [0.25, 0.3) is 5.91 Å². The molecule has 0 aromatic heterocycles. The van der Waals surface area contributed by atoms with Crippen LogP contribution in [0.3, 0.4) is 0 Å². The Hall–Kier alpha value is -1.93. The number of nitrogens with one attached hydrogen (secondary N) is 1. The molecule has 0 bridgehead atoms. The van der Waals surface area contributed by atoms with Gasteiger partial charge < -0.3 is 9.64 Å². The maximum absolute atomic E-state index is 12.2. The Kier molecular flexibility index (Phi) is 5.95. The van der Waals surface area contributed by atoms with Crippen LogP contribution in [-0.4, -0.2) is 51.4 Å². The number of esters is 1. The molecule has 0 aliphatic carbocycles. The van der Waals surface area contributed by atoms with Crippen LogP contribution >= 0.6 is 0 Å². The maximum Gasteiger partial charge on any atom is 0.338 e. The summed E-state index contributed by atoms with van der Waals surface area (Å²) in [6.07, 6.45) is 3.00. The first-order valence-corrected chi connectivity index (χ1v) is 9.33. The highest BCUT2D eigenvalue weighted by Gasteiger charge is 2.24. The summed E-state index contributed by atoms with van der Waals surface area (Å²) >= 11 is 0. The lowest BCUT2D eigenvalue weighted by molar-refractivity contribution is -0.137. The molecule has 7 nitrogen and oxygen atoms in total. The summed E-state index contributed by atoms with van der Waals surface area (Å²) in [5, 5.41) is 0. The van der Waals surface area contributed by atoms with Crippen LogP contribution in [0, 0.1) is 0 Å². The monoisotopic (exact) mass is 354 g/mol. The number of rotatable bonds is 5. The van der Waals surface area contributed by atoms with E-state index in [1.54, 1.807) is 4.90 Å². The van der Waals surface area contributed by atoms with E-state index < -0.39 is 16.0 Å². The minimum atomic E-state index is -3.64. The molecule has 1 saturated heterocycles. The fourth-order valence-electron chi connectivity index (χ4n) is 2.67. The van der Waals surface area contributed by atoms with E-state index in [4.69, 9.17) is 4.74 Å². The van der Waals surface area contributed by atoms with Crippen molar-refractivity contribution in [2.24, 2.45) is 0 Å². The highest BCUT2D eigenvalue weighted by molar-refractivity contribution is 7.89. The summed E-state index contributed by atoms with van der Waals surface area (Å²) in [5.41, 5.74) is 0.0887. The van der Waals surface area contributed by atoms with Crippen LogP contribution in [0.4, 0.5) is 0 Å². The molecule has 1 aromatic carbocycles. The first kappa shape index (κ1) is 18.4. The quantitative estimate of drug-likeness (QED) is 0.801. The summed E-state index contributed by atoms with van der Waals surface area (Å²) in [4.78, 5) is 25.9. The van der Waals surface area contributed by atoms with Crippen LogP contribution in [-0.2, 0) is 19.6 Å². The number of benzene rings is 1. The first-order valence-electron chi connectivity index (χ1n) is 7.85. The van der Waals surface area contributed by atoms with Gasteiger partial charge in [-0.3, -0.25) is 4.79 Å². The third kappa shape index (κ3) is 4.33. The summed E-state index contributed by atoms with van der Waals surface area (Å²) in [7, 11) is -2.35. The van der Waals surface area contributed by atoms with Gasteiger partial charge in [0.1, 0.15) is 0 Å². The van der Waals surface area contributed by atoms with E-state index in [-0.39, 0.29) is 29.0 Å². The second-order valence-electron chi connectivity index (χ2n) is 5.74. The number of hydrogen-bond acceptors (Lipinski definition) is 5. The summed E-state index contributed by atoms with van der Waals surface area (Å²) in [6, 6.07) is 5.65. The number of carbonyl (C=O) groups excluding carboxylic acids is 2. The van der Waals surface area contributed by atoms with E-state index in [9.17, 15) is 18.0 Å². The molecule has 0 saturated carbocycles. The topological polar surface area (TPSA) is 92.8 Å². The van der Waals surface area contributed by atoms with Crippen molar-refractivity contribution in [3.63, 3.8) is 0 Å². The lowest BCUT2D eigenvalue weighted by atomic mass is 10.0. The van der Waals surface area contributed by atoms with Gasteiger partial charge in [0, 0.05) is 12.6 Å². The number of amides is 1. The molecular weight excluding hydrogens is 332 g/mol. The minimum absolute atomic E-state index is 0.0320. The molecule has 1 atom stereocenters. The minimum Gasteiger partial charge on any atom is -0.452 e. The molecule has 1 amide bonds. The van der Waals surface area contributed by atoms with Crippen LogP contribution in [0.25, 0.3) is 0 Å². The summed E-state index contributed by atoms with van der Waals surface area (Å²) in [5.74, 6) is -0.948. The van der Waals surface area contributed by atoms with Gasteiger partial charge in [0.05, 0.1) is 10.5 Å². The highest BCUT2D eigenvalue weighted by atomic mass is 32.2. The third-order valence-electron chi connectivity index (χ3n) is 4.10. The van der Waals surface area contributed by atoms with E-state index in [2.05, 4.69) is 4.72 Å². The zero-order valence-corrected chi connectivity index (χ0v) is 14.6. The Morgan fingerprint density at radius 2 is 2.08 bits per heavy atom. The summed E-state index contributed by atoms with van der Waals surface area (Å²) < 4.78 is 30.7. The number of nitrogens with zero attached hydrogens (tertiary/aromatic N) is 1. The molecule has 0 spiro atoms. The maximum atomic E-state index is 12.2. The normalized spacial score (nSPS) is 18.2. The molecule has 0 radical (unpaired) electrons. The van der Waals surface area contributed by atoms with E-state index in [1.165, 1.54) is 31.3 Å². The Balaban J connectivity index is 2.00. The van der Waals surface area contributed by atoms with Gasteiger partial charge in [-0.2, -0.15) is 0 Å². The lowest BCUT2D eigenvalue weighted by Gasteiger charge is -2.33. The molecule has 132 valence electrons. The van der Waals surface area contributed by atoms with E-state index in [1.807, 2.05) is 6.92 Å². The number of carbonyl (C=O) groups is 2. The molecule has 1 aliphatic rings. The number of piperidine rings is 1. The number of ether oxygens (including phenoxy) is 1. The van der Waals surface area contributed by atoms with Crippen LogP contribution in [0.5, 0.6) is 0 Å². The second-order valence-corrected chi connectivity index (χ2v) is 7.63. The van der Waals surface area contributed by atoms with Crippen molar-refractivity contribution in [1.29, 1.82) is 0 Å². The number of sulfonamides is 1. The predicted octanol–water partition coefficient (Wildman–Crippen LogP) is 1.15. The third-order valence-corrected chi connectivity index (χ3v) is 5.51. The molecule has 1 N–H and O–H groups in total. The van der Waals surface area contributed by atoms with Crippen LogP contribution in [0.1, 0.15) is 36.5 Å². The zero-order chi connectivity index (χ0) is 17.7. The molecule has 0 unspecified atom stereocenters. The fraction of sp³-hybridized carbons (Fsp3) is 0.500. The van der Waals surface area contributed by atoms with Crippen molar-refractivity contribution in [3.8, 4) is 0 Å². The molecule has 1 aromatic rings. The van der Waals surface area contributed by atoms with Crippen molar-refractivity contribution < 1.29 is 22.7 Å². The van der Waals surface area contributed by atoms with Crippen molar-refractivity contribution in [2.75, 3.05) is 20.2 Å². The van der Waals surface area contributed by atoms with Crippen molar-refractivity contribution >= 4 is 21.9 Å². The van der Waals surface area contributed by atoms with E-state index in [0.717, 1.165) is 19.3 Å². The van der Waals surface area contributed by atoms with Gasteiger partial charge >= 0.3 is 5.97 Å². The predicted molar refractivity (Wildman–Crippen MR) is 88.0 cm³/mol. The van der Waals surface area contributed by atoms with Gasteiger partial charge in [-0.1, -0.05) is 6.07 Å². The van der Waals surface area contributed by atoms with E-state index >= 15 is 0 Å². The zero-order valence-electron chi connectivity index (χ0n) is 13.8. The number of hydrogen-bond donors (Lipinski definition) is 1.